The molecular weight excluding hydrogens is 453 g/mol. The number of aryl methyl sites for hydroxylation is 1. The molecule has 0 saturated heterocycles. The Morgan fingerprint density at radius 3 is 2.52 bits per heavy atom. The van der Waals surface area contributed by atoms with Crippen molar-refractivity contribution in [2.45, 2.75) is 45.3 Å². The smallest absolute Gasteiger partial charge is 0.193 e. The SMILES string of the molecule is COc1cccc(CN=C(N)Nc2ccc(C)cc2)c1OC1CCCC1.I. The second kappa shape index (κ2) is 10.4. The van der Waals surface area contributed by atoms with Gasteiger partial charge in [-0.05, 0) is 50.8 Å². The minimum atomic E-state index is 0. The fourth-order valence-electron chi connectivity index (χ4n) is 3.15. The molecule has 3 rings (SSSR count). The minimum Gasteiger partial charge on any atom is -0.493 e. The highest BCUT2D eigenvalue weighted by Gasteiger charge is 2.20. The monoisotopic (exact) mass is 481 g/mol. The Balaban J connectivity index is 0.00000261. The fraction of sp³-hybridized carbons (Fsp3) is 0.381. The maximum absolute atomic E-state index is 6.24. The van der Waals surface area contributed by atoms with Crippen LogP contribution in [0, 0.1) is 6.92 Å². The molecular formula is C21H28IN3O2. The number of aliphatic imine (C=N–C) groups is 1. The Morgan fingerprint density at radius 2 is 1.85 bits per heavy atom. The van der Waals surface area contributed by atoms with E-state index >= 15 is 0 Å². The Hall–Kier alpha value is -1.96. The molecule has 2 aromatic rings. The summed E-state index contributed by atoms with van der Waals surface area (Å²) in [7, 11) is 1.66. The summed E-state index contributed by atoms with van der Waals surface area (Å²) < 4.78 is 11.7. The molecule has 1 aliphatic rings. The molecule has 0 radical (unpaired) electrons. The zero-order valence-electron chi connectivity index (χ0n) is 15.9. The van der Waals surface area contributed by atoms with Gasteiger partial charge < -0.3 is 20.5 Å². The Kier molecular flexibility index (Phi) is 8.22. The summed E-state index contributed by atoms with van der Waals surface area (Å²) in [4.78, 5) is 4.47. The third-order valence-corrected chi connectivity index (χ3v) is 4.61. The molecule has 6 heteroatoms. The van der Waals surface area contributed by atoms with E-state index in [0.29, 0.717) is 12.5 Å². The minimum absolute atomic E-state index is 0. The average Bonchev–Trinajstić information content (AvgIpc) is 3.16. The number of para-hydroxylation sites is 1. The fourth-order valence-corrected chi connectivity index (χ4v) is 3.15. The van der Waals surface area contributed by atoms with Crippen LogP contribution in [0.25, 0.3) is 0 Å². The average molecular weight is 481 g/mol. The molecule has 146 valence electrons. The van der Waals surface area contributed by atoms with Crippen LogP contribution < -0.4 is 20.5 Å². The second-order valence-corrected chi connectivity index (χ2v) is 6.67. The number of anilines is 1. The number of hydrogen-bond acceptors (Lipinski definition) is 3. The Bertz CT molecular complexity index is 757. The van der Waals surface area contributed by atoms with Gasteiger partial charge in [-0.2, -0.15) is 0 Å². The summed E-state index contributed by atoms with van der Waals surface area (Å²) in [6.07, 6.45) is 4.90. The quantitative estimate of drug-likeness (QED) is 0.351. The van der Waals surface area contributed by atoms with E-state index in [1.807, 2.05) is 42.5 Å². The number of rotatable bonds is 6. The zero-order valence-corrected chi connectivity index (χ0v) is 18.2. The third-order valence-electron chi connectivity index (χ3n) is 4.61. The van der Waals surface area contributed by atoms with Gasteiger partial charge in [-0.3, -0.25) is 0 Å². The lowest BCUT2D eigenvalue weighted by atomic mass is 10.1. The van der Waals surface area contributed by atoms with Gasteiger partial charge >= 0.3 is 0 Å². The lowest BCUT2D eigenvalue weighted by Crippen LogP contribution is -2.22. The van der Waals surface area contributed by atoms with Crippen molar-refractivity contribution in [1.29, 1.82) is 0 Å². The molecule has 1 fully saturated rings. The second-order valence-electron chi connectivity index (χ2n) is 6.67. The van der Waals surface area contributed by atoms with E-state index in [9.17, 15) is 0 Å². The van der Waals surface area contributed by atoms with Crippen LogP contribution in [0.4, 0.5) is 5.69 Å². The number of nitrogens with one attached hydrogen (secondary N) is 1. The van der Waals surface area contributed by atoms with Crippen molar-refractivity contribution in [2.24, 2.45) is 10.7 Å². The van der Waals surface area contributed by atoms with Crippen LogP contribution in [0.5, 0.6) is 11.5 Å². The van der Waals surface area contributed by atoms with Crippen molar-refractivity contribution in [3.8, 4) is 11.5 Å². The molecule has 2 aromatic carbocycles. The van der Waals surface area contributed by atoms with Crippen molar-refractivity contribution in [3.63, 3.8) is 0 Å². The Morgan fingerprint density at radius 1 is 1.15 bits per heavy atom. The van der Waals surface area contributed by atoms with Gasteiger partial charge in [0, 0.05) is 11.3 Å². The van der Waals surface area contributed by atoms with Crippen LogP contribution in [0.3, 0.4) is 0 Å². The Labute approximate surface area is 178 Å². The van der Waals surface area contributed by atoms with Crippen molar-refractivity contribution in [2.75, 3.05) is 12.4 Å². The van der Waals surface area contributed by atoms with Crippen molar-refractivity contribution in [3.05, 3.63) is 53.6 Å². The first-order valence-electron chi connectivity index (χ1n) is 9.12. The van der Waals surface area contributed by atoms with Gasteiger partial charge in [0.25, 0.3) is 0 Å². The van der Waals surface area contributed by atoms with Gasteiger partial charge in [-0.1, -0.05) is 29.8 Å². The van der Waals surface area contributed by atoms with Crippen LogP contribution >= 0.6 is 24.0 Å². The predicted octanol–water partition coefficient (Wildman–Crippen LogP) is 4.87. The van der Waals surface area contributed by atoms with E-state index in [1.165, 1.54) is 18.4 Å². The largest absolute Gasteiger partial charge is 0.493 e. The molecule has 5 nitrogen and oxygen atoms in total. The molecule has 3 N–H and O–H groups in total. The van der Waals surface area contributed by atoms with E-state index in [-0.39, 0.29) is 30.1 Å². The van der Waals surface area contributed by atoms with Crippen LogP contribution in [0.2, 0.25) is 0 Å². The van der Waals surface area contributed by atoms with Gasteiger partial charge in [0.1, 0.15) is 0 Å². The highest BCUT2D eigenvalue weighted by atomic mass is 127. The first-order chi connectivity index (χ1) is 12.7. The first kappa shape index (κ1) is 21.3. The number of nitrogens with zero attached hydrogens (tertiary/aromatic N) is 1. The van der Waals surface area contributed by atoms with Gasteiger partial charge in [0.05, 0.1) is 19.8 Å². The lowest BCUT2D eigenvalue weighted by molar-refractivity contribution is 0.198. The summed E-state index contributed by atoms with van der Waals surface area (Å²) in [6, 6.07) is 13.9. The number of halogens is 1. The summed E-state index contributed by atoms with van der Waals surface area (Å²) in [6.45, 7) is 2.49. The van der Waals surface area contributed by atoms with Crippen molar-refractivity contribution < 1.29 is 9.47 Å². The standard InChI is InChI=1S/C21H27N3O2.HI/c1-15-10-12-17(13-11-15)24-21(22)23-14-16-6-5-9-19(25-2)20(16)26-18-7-3-4-8-18;/h5-6,9-13,18H,3-4,7-8,14H2,1-2H3,(H3,22,23,24);1H. The maximum Gasteiger partial charge on any atom is 0.193 e. The molecule has 0 aromatic heterocycles. The van der Waals surface area contributed by atoms with Crippen LogP contribution in [-0.2, 0) is 6.54 Å². The van der Waals surface area contributed by atoms with E-state index in [4.69, 9.17) is 15.2 Å². The molecule has 1 aliphatic carbocycles. The lowest BCUT2D eigenvalue weighted by Gasteiger charge is -2.18. The highest BCUT2D eigenvalue weighted by Crippen LogP contribution is 2.35. The topological polar surface area (TPSA) is 68.9 Å². The van der Waals surface area contributed by atoms with E-state index < -0.39 is 0 Å². The molecule has 1 saturated carbocycles. The van der Waals surface area contributed by atoms with Crippen molar-refractivity contribution >= 4 is 35.6 Å². The summed E-state index contributed by atoms with van der Waals surface area (Å²) in [5.41, 5.74) is 9.15. The highest BCUT2D eigenvalue weighted by molar-refractivity contribution is 14.0. The van der Waals surface area contributed by atoms with Crippen molar-refractivity contribution in [1.82, 2.24) is 0 Å². The molecule has 0 unspecified atom stereocenters. The number of benzene rings is 2. The normalized spacial score (nSPS) is 14.5. The third kappa shape index (κ3) is 6.02. The van der Waals surface area contributed by atoms with Crippen LogP contribution in [0.1, 0.15) is 36.8 Å². The summed E-state index contributed by atoms with van der Waals surface area (Å²) in [5.74, 6) is 1.91. The van der Waals surface area contributed by atoms with E-state index in [1.54, 1.807) is 7.11 Å². The summed E-state index contributed by atoms with van der Waals surface area (Å²) >= 11 is 0. The number of guanidine groups is 1. The van der Waals surface area contributed by atoms with Crippen LogP contribution in [0.15, 0.2) is 47.5 Å². The summed E-state index contributed by atoms with van der Waals surface area (Å²) in [5, 5.41) is 3.12. The molecule has 27 heavy (non-hydrogen) atoms. The van der Waals surface area contributed by atoms with Gasteiger partial charge in [-0.15, -0.1) is 24.0 Å². The van der Waals surface area contributed by atoms with Gasteiger partial charge in [0.15, 0.2) is 17.5 Å². The van der Waals surface area contributed by atoms with Gasteiger partial charge in [-0.25, -0.2) is 4.99 Å². The molecule has 0 atom stereocenters. The molecule has 0 bridgehead atoms. The first-order valence-corrected chi connectivity index (χ1v) is 9.12. The number of nitrogens with two attached hydrogens (primary N) is 1. The van der Waals surface area contributed by atoms with Gasteiger partial charge in [0.2, 0.25) is 0 Å². The molecule has 0 aliphatic heterocycles. The molecule has 0 amide bonds. The predicted molar refractivity (Wildman–Crippen MR) is 121 cm³/mol. The number of ether oxygens (including phenoxy) is 2. The maximum atomic E-state index is 6.24. The molecule has 0 heterocycles. The van der Waals surface area contributed by atoms with Crippen LogP contribution in [-0.4, -0.2) is 19.2 Å². The number of hydrogen-bond donors (Lipinski definition) is 2. The van der Waals surface area contributed by atoms with E-state index in [0.717, 1.165) is 35.6 Å². The zero-order chi connectivity index (χ0) is 18.4. The molecule has 0 spiro atoms. The number of methoxy groups -OCH3 is 1. The van der Waals surface area contributed by atoms with E-state index in [2.05, 4.69) is 17.2 Å².